The summed E-state index contributed by atoms with van der Waals surface area (Å²) in [5.41, 5.74) is 1.01. The molecule has 1 heterocycles. The molecule has 0 fully saturated rings. The summed E-state index contributed by atoms with van der Waals surface area (Å²) in [5.74, 6) is 0. The third kappa shape index (κ3) is 5.88. The van der Waals surface area contributed by atoms with E-state index in [1.807, 2.05) is 26.8 Å². The molecular weight excluding hydrogens is 324 g/mol. The van der Waals surface area contributed by atoms with Crippen molar-refractivity contribution in [1.82, 2.24) is 10.3 Å². The zero-order valence-corrected chi connectivity index (χ0v) is 13.8. The summed E-state index contributed by atoms with van der Waals surface area (Å²) in [6, 6.07) is 1.83. The normalized spacial score (nSPS) is 12.9. The molecule has 0 radical (unpaired) electrons. The Morgan fingerprint density at radius 2 is 2.20 bits per heavy atom. The van der Waals surface area contributed by atoms with Gasteiger partial charge in [-0.3, -0.25) is 4.98 Å². The van der Waals surface area contributed by atoms with Crippen molar-refractivity contribution in [3.8, 4) is 0 Å². The van der Waals surface area contributed by atoms with Crippen molar-refractivity contribution in [2.75, 3.05) is 6.54 Å². The van der Waals surface area contributed by atoms with E-state index in [2.05, 4.69) is 26.2 Å². The number of amides is 1. The molecule has 1 aromatic rings. The first-order valence-corrected chi connectivity index (χ1v) is 7.27. The fourth-order valence-electron chi connectivity index (χ4n) is 1.65. The van der Waals surface area contributed by atoms with E-state index in [1.54, 1.807) is 13.1 Å². The highest BCUT2D eigenvalue weighted by Crippen LogP contribution is 2.20. The number of rotatable bonds is 4. The van der Waals surface area contributed by atoms with Gasteiger partial charge in [0.25, 0.3) is 0 Å². The first-order chi connectivity index (χ1) is 9.19. The lowest BCUT2D eigenvalue weighted by atomic mass is 10.1. The van der Waals surface area contributed by atoms with E-state index in [-0.39, 0.29) is 0 Å². The Morgan fingerprint density at radius 3 is 2.75 bits per heavy atom. The van der Waals surface area contributed by atoms with Crippen LogP contribution in [0.5, 0.6) is 0 Å². The number of carbonyl (C=O) groups excluding carboxylic acids is 1. The fraction of sp³-hybridized carbons (Fsp3) is 0.571. The summed E-state index contributed by atoms with van der Waals surface area (Å²) in [6.07, 6.45) is 1.16. The van der Waals surface area contributed by atoms with Crippen LogP contribution in [-0.2, 0) is 11.2 Å². The third-order valence-electron chi connectivity index (χ3n) is 2.45. The number of ether oxygens (including phenoxy) is 1. The molecule has 1 amide bonds. The smallest absolute Gasteiger partial charge is 0.407 e. The number of hydrogen-bond acceptors (Lipinski definition) is 4. The molecule has 1 rings (SSSR count). The van der Waals surface area contributed by atoms with Crippen molar-refractivity contribution in [2.24, 2.45) is 0 Å². The number of nitrogens with zero attached hydrogens (tertiary/aromatic N) is 1. The van der Waals surface area contributed by atoms with Crippen molar-refractivity contribution in [1.29, 1.82) is 0 Å². The molecule has 1 unspecified atom stereocenters. The first-order valence-electron chi connectivity index (χ1n) is 6.48. The summed E-state index contributed by atoms with van der Waals surface area (Å²) in [6.45, 7) is 7.54. The average molecular weight is 345 g/mol. The van der Waals surface area contributed by atoms with E-state index < -0.39 is 17.8 Å². The number of hydrogen-bond donors (Lipinski definition) is 2. The molecule has 0 bridgehead atoms. The van der Waals surface area contributed by atoms with E-state index >= 15 is 0 Å². The van der Waals surface area contributed by atoms with Gasteiger partial charge in [-0.05, 0) is 49.7 Å². The van der Waals surface area contributed by atoms with Crippen LogP contribution in [0.4, 0.5) is 4.79 Å². The number of carbonyl (C=O) groups is 1. The fourth-order valence-corrected chi connectivity index (χ4v) is 2.00. The minimum Gasteiger partial charge on any atom is -0.444 e. The molecule has 20 heavy (non-hydrogen) atoms. The van der Waals surface area contributed by atoms with Gasteiger partial charge in [0, 0.05) is 34.9 Å². The monoisotopic (exact) mass is 344 g/mol. The SMILES string of the molecule is CC(O)c1cc(Br)cnc1CCNC(=O)OC(C)(C)C. The van der Waals surface area contributed by atoms with Gasteiger partial charge in [0.1, 0.15) is 5.60 Å². The third-order valence-corrected chi connectivity index (χ3v) is 2.88. The van der Waals surface area contributed by atoms with E-state index in [0.29, 0.717) is 13.0 Å². The second-order valence-corrected chi connectivity index (χ2v) is 6.46. The van der Waals surface area contributed by atoms with Crippen LogP contribution in [0.25, 0.3) is 0 Å². The second-order valence-electron chi connectivity index (χ2n) is 5.54. The Morgan fingerprint density at radius 1 is 1.55 bits per heavy atom. The van der Waals surface area contributed by atoms with E-state index in [1.165, 1.54) is 0 Å². The number of aliphatic hydroxyl groups excluding tert-OH is 1. The average Bonchev–Trinajstić information content (AvgIpc) is 2.28. The van der Waals surface area contributed by atoms with E-state index in [9.17, 15) is 9.90 Å². The van der Waals surface area contributed by atoms with Gasteiger partial charge < -0.3 is 15.2 Å². The van der Waals surface area contributed by atoms with Crippen LogP contribution in [0, 0.1) is 0 Å². The number of alkyl carbamates (subject to hydrolysis) is 1. The number of aromatic nitrogens is 1. The van der Waals surface area contributed by atoms with Crippen LogP contribution in [0.1, 0.15) is 45.1 Å². The van der Waals surface area contributed by atoms with Crippen LogP contribution >= 0.6 is 15.9 Å². The molecule has 0 aromatic carbocycles. The van der Waals surface area contributed by atoms with Gasteiger partial charge in [-0.25, -0.2) is 4.79 Å². The van der Waals surface area contributed by atoms with Crippen LogP contribution in [0.15, 0.2) is 16.7 Å². The quantitative estimate of drug-likeness (QED) is 0.880. The highest BCUT2D eigenvalue weighted by Gasteiger charge is 2.16. The lowest BCUT2D eigenvalue weighted by molar-refractivity contribution is 0.0528. The van der Waals surface area contributed by atoms with Crippen LogP contribution < -0.4 is 5.32 Å². The van der Waals surface area contributed by atoms with Gasteiger partial charge >= 0.3 is 6.09 Å². The van der Waals surface area contributed by atoms with Crippen LogP contribution in [0.3, 0.4) is 0 Å². The number of aliphatic hydroxyl groups is 1. The van der Waals surface area contributed by atoms with Gasteiger partial charge in [0.2, 0.25) is 0 Å². The molecule has 0 saturated heterocycles. The second kappa shape index (κ2) is 7.04. The molecule has 6 heteroatoms. The Kier molecular flexibility index (Phi) is 5.95. The standard InChI is InChI=1S/C14H21BrN2O3/c1-9(18)11-7-10(15)8-17-12(11)5-6-16-13(19)20-14(2,3)4/h7-9,18H,5-6H2,1-4H3,(H,16,19). The molecule has 0 aliphatic rings. The van der Waals surface area contributed by atoms with Crippen molar-refractivity contribution in [3.05, 3.63) is 28.0 Å². The Labute approximate surface area is 127 Å². The molecular formula is C14H21BrN2O3. The summed E-state index contributed by atoms with van der Waals surface area (Å²) < 4.78 is 5.96. The molecule has 1 atom stereocenters. The minimum absolute atomic E-state index is 0.406. The largest absolute Gasteiger partial charge is 0.444 e. The lowest BCUT2D eigenvalue weighted by Gasteiger charge is -2.19. The molecule has 1 aromatic heterocycles. The van der Waals surface area contributed by atoms with Gasteiger partial charge in [0.05, 0.1) is 6.10 Å². The Bertz CT molecular complexity index is 470. The Hall–Kier alpha value is -1.14. The van der Waals surface area contributed by atoms with E-state index in [0.717, 1.165) is 15.7 Å². The molecule has 0 aliphatic heterocycles. The van der Waals surface area contributed by atoms with E-state index in [4.69, 9.17) is 4.74 Å². The topological polar surface area (TPSA) is 71.5 Å². The number of pyridine rings is 1. The van der Waals surface area contributed by atoms with Crippen molar-refractivity contribution >= 4 is 22.0 Å². The van der Waals surface area contributed by atoms with Crippen molar-refractivity contribution in [3.63, 3.8) is 0 Å². The van der Waals surface area contributed by atoms with Gasteiger partial charge in [-0.1, -0.05) is 0 Å². The maximum atomic E-state index is 11.5. The molecule has 2 N–H and O–H groups in total. The summed E-state index contributed by atoms with van der Waals surface area (Å²) in [5, 5.41) is 12.4. The van der Waals surface area contributed by atoms with Gasteiger partial charge in [-0.2, -0.15) is 0 Å². The Balaban J connectivity index is 2.56. The zero-order chi connectivity index (χ0) is 15.3. The highest BCUT2D eigenvalue weighted by molar-refractivity contribution is 9.10. The predicted octanol–water partition coefficient (Wildman–Crippen LogP) is 2.96. The van der Waals surface area contributed by atoms with Crippen molar-refractivity contribution < 1.29 is 14.6 Å². The van der Waals surface area contributed by atoms with Gasteiger partial charge in [0.15, 0.2) is 0 Å². The molecule has 0 aliphatic carbocycles. The van der Waals surface area contributed by atoms with Crippen LogP contribution in [-0.4, -0.2) is 28.3 Å². The number of halogens is 1. The number of nitrogens with one attached hydrogen (secondary N) is 1. The first kappa shape index (κ1) is 16.9. The minimum atomic E-state index is -0.600. The maximum Gasteiger partial charge on any atom is 0.407 e. The molecule has 0 saturated carbocycles. The predicted molar refractivity (Wildman–Crippen MR) is 80.5 cm³/mol. The summed E-state index contributed by atoms with van der Waals surface area (Å²) in [7, 11) is 0. The van der Waals surface area contributed by atoms with Gasteiger partial charge in [-0.15, -0.1) is 0 Å². The molecule has 112 valence electrons. The molecule has 0 spiro atoms. The lowest BCUT2D eigenvalue weighted by Crippen LogP contribution is -2.33. The summed E-state index contributed by atoms with van der Waals surface area (Å²) in [4.78, 5) is 15.8. The zero-order valence-electron chi connectivity index (χ0n) is 12.2. The van der Waals surface area contributed by atoms with Crippen LogP contribution in [0.2, 0.25) is 0 Å². The molecule has 5 nitrogen and oxygen atoms in total. The summed E-state index contributed by atoms with van der Waals surface area (Å²) >= 11 is 3.33. The van der Waals surface area contributed by atoms with Crippen molar-refractivity contribution in [2.45, 2.75) is 45.8 Å². The highest BCUT2D eigenvalue weighted by atomic mass is 79.9. The maximum absolute atomic E-state index is 11.5.